The Hall–Kier alpha value is -2.08. The Kier molecular flexibility index (Phi) is 6.85. The molecular weight excluding hydrogens is 282 g/mol. The third-order valence-electron chi connectivity index (χ3n) is 3.36. The van der Waals surface area contributed by atoms with Gasteiger partial charge in [-0.15, -0.1) is 0 Å². The summed E-state index contributed by atoms with van der Waals surface area (Å²) < 4.78 is 5.12. The van der Waals surface area contributed by atoms with Crippen LogP contribution in [0.5, 0.6) is 5.75 Å². The number of hydrogen-bond acceptors (Lipinski definition) is 3. The van der Waals surface area contributed by atoms with Crippen molar-refractivity contribution in [3.63, 3.8) is 0 Å². The molecule has 0 spiro atoms. The van der Waals surface area contributed by atoms with Crippen molar-refractivity contribution in [3.8, 4) is 5.75 Å². The van der Waals surface area contributed by atoms with Crippen LogP contribution in [0, 0.1) is 0 Å². The monoisotopic (exact) mass is 308 g/mol. The van der Waals surface area contributed by atoms with Crippen molar-refractivity contribution >= 4 is 17.5 Å². The predicted molar refractivity (Wildman–Crippen MR) is 86.1 cm³/mol. The minimum atomic E-state index is -0.343. The topological polar surface area (TPSA) is 71.9 Å². The van der Waals surface area contributed by atoms with Gasteiger partial charge in [0, 0.05) is 17.8 Å². The molecule has 6 heteroatoms. The van der Waals surface area contributed by atoms with Crippen LogP contribution in [0.4, 0.5) is 5.69 Å². The van der Waals surface area contributed by atoms with E-state index in [2.05, 4.69) is 10.6 Å². The molecule has 6 nitrogen and oxygen atoms in total. The number of ether oxygens (including phenoxy) is 1. The van der Waals surface area contributed by atoms with Crippen LogP contribution >= 0.6 is 0 Å². The van der Waals surface area contributed by atoms with Gasteiger partial charge in [-0.2, -0.15) is 0 Å². The van der Waals surface area contributed by atoms with Crippen molar-refractivity contribution in [1.82, 2.24) is 5.32 Å². The lowest BCUT2D eigenvalue weighted by Crippen LogP contribution is -3.15. The van der Waals surface area contributed by atoms with Crippen molar-refractivity contribution < 1.29 is 19.2 Å². The molecule has 22 heavy (non-hydrogen) atoms. The zero-order chi connectivity index (χ0) is 16.7. The molecule has 0 radical (unpaired) electrons. The third-order valence-corrected chi connectivity index (χ3v) is 3.36. The van der Waals surface area contributed by atoms with Gasteiger partial charge in [0.1, 0.15) is 5.75 Å². The maximum atomic E-state index is 12.3. The molecule has 0 aliphatic heterocycles. The summed E-state index contributed by atoms with van der Waals surface area (Å²) >= 11 is 0. The highest BCUT2D eigenvalue weighted by atomic mass is 16.5. The molecule has 1 unspecified atom stereocenters. The van der Waals surface area contributed by atoms with Gasteiger partial charge in [-0.05, 0) is 32.9 Å². The van der Waals surface area contributed by atoms with E-state index in [0.717, 1.165) is 4.90 Å². The van der Waals surface area contributed by atoms with Gasteiger partial charge in [-0.3, -0.25) is 9.59 Å². The molecule has 0 saturated heterocycles. The first-order valence-electron chi connectivity index (χ1n) is 7.40. The molecule has 3 N–H and O–H groups in total. The summed E-state index contributed by atoms with van der Waals surface area (Å²) in [6.07, 6.45) is 0. The van der Waals surface area contributed by atoms with Gasteiger partial charge in [0.05, 0.1) is 14.2 Å². The summed E-state index contributed by atoms with van der Waals surface area (Å²) in [4.78, 5) is 24.8. The number of likely N-dealkylation sites (N-methyl/N-ethyl adjacent to an activating group) is 1. The smallest absolute Gasteiger partial charge is 0.282 e. The summed E-state index contributed by atoms with van der Waals surface area (Å²) in [6, 6.07) is 6.93. The minimum Gasteiger partial charge on any atom is -0.497 e. The van der Waals surface area contributed by atoms with E-state index in [1.165, 1.54) is 0 Å². The van der Waals surface area contributed by atoms with Crippen molar-refractivity contribution in [1.29, 1.82) is 0 Å². The first-order chi connectivity index (χ1) is 10.3. The zero-order valence-electron chi connectivity index (χ0n) is 13.9. The predicted octanol–water partition coefficient (Wildman–Crippen LogP) is 0.0615. The summed E-state index contributed by atoms with van der Waals surface area (Å²) in [5.41, 5.74) is 0.677. The van der Waals surface area contributed by atoms with Gasteiger partial charge in [0.25, 0.3) is 11.8 Å². The number of carbonyl (C=O) groups is 2. The van der Waals surface area contributed by atoms with Gasteiger partial charge in [-0.25, -0.2) is 0 Å². The fourth-order valence-electron chi connectivity index (χ4n) is 1.95. The van der Waals surface area contributed by atoms with Gasteiger partial charge < -0.3 is 20.3 Å². The van der Waals surface area contributed by atoms with Crippen molar-refractivity contribution in [2.24, 2.45) is 0 Å². The highest BCUT2D eigenvalue weighted by Crippen LogP contribution is 2.16. The average molecular weight is 308 g/mol. The molecule has 0 saturated carbocycles. The lowest BCUT2D eigenvalue weighted by atomic mass is 10.2. The second-order valence-electron chi connectivity index (χ2n) is 5.69. The number of carbonyl (C=O) groups excluding carboxylic acids is 2. The number of methoxy groups -OCH3 is 1. The lowest BCUT2D eigenvalue weighted by Gasteiger charge is -2.21. The van der Waals surface area contributed by atoms with E-state index in [1.54, 1.807) is 26.2 Å². The first-order valence-corrected chi connectivity index (χ1v) is 7.40. The van der Waals surface area contributed by atoms with Crippen molar-refractivity contribution in [2.45, 2.75) is 32.9 Å². The Morgan fingerprint density at radius 2 is 1.95 bits per heavy atom. The minimum absolute atomic E-state index is 0.0615. The number of anilines is 1. The SMILES string of the molecule is COc1cccc(NC(=O)[C@@H](C)[NH+](C)CC(=O)NC(C)C)c1. The maximum absolute atomic E-state index is 12.3. The van der Waals surface area contributed by atoms with E-state index in [9.17, 15) is 9.59 Å². The molecule has 1 rings (SSSR count). The van der Waals surface area contributed by atoms with Crippen LogP contribution in [-0.4, -0.2) is 44.6 Å². The van der Waals surface area contributed by atoms with Crippen molar-refractivity contribution in [2.75, 3.05) is 26.0 Å². The highest BCUT2D eigenvalue weighted by molar-refractivity contribution is 5.93. The van der Waals surface area contributed by atoms with Gasteiger partial charge in [0.2, 0.25) is 0 Å². The molecule has 2 atom stereocenters. The Morgan fingerprint density at radius 3 is 2.55 bits per heavy atom. The molecule has 1 aromatic rings. The van der Waals surface area contributed by atoms with Crippen LogP contribution in [0.1, 0.15) is 20.8 Å². The van der Waals surface area contributed by atoms with E-state index in [-0.39, 0.29) is 30.4 Å². The van der Waals surface area contributed by atoms with E-state index >= 15 is 0 Å². The van der Waals surface area contributed by atoms with E-state index in [4.69, 9.17) is 4.74 Å². The molecule has 0 aromatic heterocycles. The summed E-state index contributed by atoms with van der Waals surface area (Å²) in [7, 11) is 3.41. The lowest BCUT2D eigenvalue weighted by molar-refractivity contribution is -0.885. The Morgan fingerprint density at radius 1 is 1.27 bits per heavy atom. The van der Waals surface area contributed by atoms with Crippen LogP contribution in [0.3, 0.4) is 0 Å². The van der Waals surface area contributed by atoms with Crippen molar-refractivity contribution in [3.05, 3.63) is 24.3 Å². The quantitative estimate of drug-likeness (QED) is 0.667. The largest absolute Gasteiger partial charge is 0.497 e. The Labute approximate surface area is 131 Å². The number of amides is 2. The standard InChI is InChI=1S/C16H25N3O3/c1-11(2)17-15(20)10-19(4)12(3)16(21)18-13-7-6-8-14(9-13)22-5/h6-9,11-12H,10H2,1-5H3,(H,17,20)(H,18,21)/p+1/t12-/m1/s1. The maximum Gasteiger partial charge on any atom is 0.282 e. The normalized spacial score (nSPS) is 13.4. The zero-order valence-corrected chi connectivity index (χ0v) is 13.9. The molecule has 122 valence electrons. The second-order valence-corrected chi connectivity index (χ2v) is 5.69. The van der Waals surface area contributed by atoms with E-state index in [0.29, 0.717) is 11.4 Å². The summed E-state index contributed by atoms with van der Waals surface area (Å²) in [5.74, 6) is 0.485. The van der Waals surface area contributed by atoms with Gasteiger partial charge >= 0.3 is 0 Å². The van der Waals surface area contributed by atoms with Gasteiger partial charge in [0.15, 0.2) is 12.6 Å². The molecule has 2 amide bonds. The van der Waals surface area contributed by atoms with E-state index in [1.807, 2.05) is 33.0 Å². The molecule has 0 fully saturated rings. The molecule has 0 bridgehead atoms. The van der Waals surface area contributed by atoms with Crippen LogP contribution in [-0.2, 0) is 9.59 Å². The first kappa shape index (κ1) is 18.0. The fraction of sp³-hybridized carbons (Fsp3) is 0.500. The Bertz CT molecular complexity index is 517. The number of nitrogens with one attached hydrogen (secondary N) is 3. The fourth-order valence-corrected chi connectivity index (χ4v) is 1.95. The highest BCUT2D eigenvalue weighted by Gasteiger charge is 2.24. The second kappa shape index (κ2) is 8.38. The molecule has 0 aliphatic carbocycles. The van der Waals surface area contributed by atoms with Crippen LogP contribution in [0.25, 0.3) is 0 Å². The molecule has 0 aliphatic rings. The number of benzene rings is 1. The van der Waals surface area contributed by atoms with Crippen LogP contribution < -0.4 is 20.3 Å². The summed E-state index contributed by atoms with van der Waals surface area (Å²) in [6.45, 7) is 5.87. The van der Waals surface area contributed by atoms with Crippen LogP contribution in [0.2, 0.25) is 0 Å². The molecule has 0 heterocycles. The molecular formula is C16H26N3O3+. The summed E-state index contributed by atoms with van der Waals surface area (Å²) in [5, 5.41) is 5.66. The average Bonchev–Trinajstić information content (AvgIpc) is 2.45. The third kappa shape index (κ3) is 5.73. The van der Waals surface area contributed by atoms with Gasteiger partial charge in [-0.1, -0.05) is 6.07 Å². The Balaban J connectivity index is 2.58. The number of quaternary nitrogens is 1. The van der Waals surface area contributed by atoms with Crippen LogP contribution in [0.15, 0.2) is 24.3 Å². The number of rotatable bonds is 7. The van der Waals surface area contributed by atoms with E-state index < -0.39 is 0 Å². The number of hydrogen-bond donors (Lipinski definition) is 3. The molecule has 1 aromatic carbocycles.